The number of nitrogens with zero attached hydrogens (tertiary/aromatic N) is 1. The van der Waals surface area contributed by atoms with Gasteiger partial charge in [0.15, 0.2) is 5.69 Å². The van der Waals surface area contributed by atoms with Gasteiger partial charge in [0.25, 0.3) is 5.91 Å². The first-order valence-electron chi connectivity index (χ1n) is 7.46. The number of nitrogens with one attached hydrogen (secondary N) is 1. The van der Waals surface area contributed by atoms with E-state index in [0.29, 0.717) is 23.6 Å². The van der Waals surface area contributed by atoms with E-state index in [4.69, 9.17) is 9.26 Å². The van der Waals surface area contributed by atoms with Crippen molar-refractivity contribution in [2.75, 3.05) is 6.54 Å². The Bertz CT molecular complexity index is 662. The molecule has 1 aromatic heterocycles. The van der Waals surface area contributed by atoms with E-state index in [1.54, 1.807) is 6.92 Å². The average Bonchev–Trinajstić information content (AvgIpc) is 2.87. The Morgan fingerprint density at radius 3 is 2.82 bits per heavy atom. The molecule has 0 bridgehead atoms. The van der Waals surface area contributed by atoms with Crippen LogP contribution >= 0.6 is 0 Å². The smallest absolute Gasteiger partial charge is 0.273 e. The number of hydrogen-bond donors (Lipinski definition) is 1. The van der Waals surface area contributed by atoms with E-state index in [1.165, 1.54) is 0 Å². The summed E-state index contributed by atoms with van der Waals surface area (Å²) in [7, 11) is 0. The van der Waals surface area contributed by atoms with Crippen LogP contribution in [0.2, 0.25) is 0 Å². The molecule has 0 saturated carbocycles. The van der Waals surface area contributed by atoms with Crippen LogP contribution in [-0.2, 0) is 6.61 Å². The van der Waals surface area contributed by atoms with Crippen LogP contribution in [0.15, 0.2) is 22.7 Å². The lowest BCUT2D eigenvalue weighted by Crippen LogP contribution is -2.25. The first kappa shape index (κ1) is 16.1. The summed E-state index contributed by atoms with van der Waals surface area (Å²) < 4.78 is 11.0. The van der Waals surface area contributed by atoms with E-state index in [2.05, 4.69) is 10.5 Å². The van der Waals surface area contributed by atoms with E-state index in [-0.39, 0.29) is 12.5 Å². The van der Waals surface area contributed by atoms with Gasteiger partial charge in [-0.2, -0.15) is 0 Å². The minimum atomic E-state index is -0.224. The quantitative estimate of drug-likeness (QED) is 0.889. The highest BCUT2D eigenvalue weighted by Gasteiger charge is 2.20. The van der Waals surface area contributed by atoms with Gasteiger partial charge in [0.05, 0.1) is 5.56 Å². The fraction of sp³-hybridized carbons (Fsp3) is 0.412. The summed E-state index contributed by atoms with van der Waals surface area (Å²) in [6.45, 7) is 8.66. The summed E-state index contributed by atoms with van der Waals surface area (Å²) in [5.41, 5.74) is 3.17. The minimum absolute atomic E-state index is 0.224. The molecule has 1 amide bonds. The molecule has 5 nitrogen and oxygen atoms in total. The molecule has 2 rings (SSSR count). The van der Waals surface area contributed by atoms with Crippen molar-refractivity contribution in [1.29, 1.82) is 0 Å². The third-order valence-corrected chi connectivity index (χ3v) is 3.45. The third kappa shape index (κ3) is 3.67. The van der Waals surface area contributed by atoms with Crippen LogP contribution in [0.1, 0.15) is 46.3 Å². The number of carbonyl (C=O) groups is 1. The van der Waals surface area contributed by atoms with Gasteiger partial charge in [-0.15, -0.1) is 0 Å². The molecule has 0 atom stereocenters. The molecule has 0 aliphatic carbocycles. The van der Waals surface area contributed by atoms with Crippen molar-refractivity contribution in [3.63, 3.8) is 0 Å². The van der Waals surface area contributed by atoms with Gasteiger partial charge in [-0.3, -0.25) is 4.79 Å². The number of ether oxygens (including phenoxy) is 1. The van der Waals surface area contributed by atoms with Crippen LogP contribution < -0.4 is 10.1 Å². The zero-order chi connectivity index (χ0) is 16.1. The maximum Gasteiger partial charge on any atom is 0.273 e. The number of benzene rings is 1. The van der Waals surface area contributed by atoms with Crippen molar-refractivity contribution in [3.05, 3.63) is 46.3 Å². The van der Waals surface area contributed by atoms with Gasteiger partial charge in [0, 0.05) is 6.54 Å². The van der Waals surface area contributed by atoms with Gasteiger partial charge in [-0.05, 0) is 44.4 Å². The molecule has 0 spiro atoms. The Kier molecular flexibility index (Phi) is 5.20. The van der Waals surface area contributed by atoms with Crippen molar-refractivity contribution in [3.8, 4) is 5.75 Å². The van der Waals surface area contributed by atoms with Gasteiger partial charge in [0.2, 0.25) is 0 Å². The number of aryl methyl sites for hydroxylation is 3. The molecule has 0 radical (unpaired) electrons. The van der Waals surface area contributed by atoms with E-state index in [9.17, 15) is 4.79 Å². The molecule has 5 heteroatoms. The normalized spacial score (nSPS) is 10.5. The van der Waals surface area contributed by atoms with E-state index in [1.807, 2.05) is 39.0 Å². The van der Waals surface area contributed by atoms with Gasteiger partial charge in [-0.1, -0.05) is 24.2 Å². The Morgan fingerprint density at radius 1 is 1.32 bits per heavy atom. The summed E-state index contributed by atoms with van der Waals surface area (Å²) in [4.78, 5) is 12.1. The second-order valence-electron chi connectivity index (χ2n) is 5.38. The highest BCUT2D eigenvalue weighted by molar-refractivity contribution is 5.93. The first-order valence-corrected chi connectivity index (χ1v) is 7.46. The number of aromatic nitrogens is 1. The standard InChI is InChI=1S/C17H22N2O3/c1-5-8-18-17(20)16-14(13(4)22-19-16)10-21-15-9-11(2)6-7-12(15)3/h6-7,9H,5,8,10H2,1-4H3,(H,18,20). The van der Waals surface area contributed by atoms with Gasteiger partial charge >= 0.3 is 0 Å². The summed E-state index contributed by atoms with van der Waals surface area (Å²) in [5, 5.41) is 6.66. The molecule has 0 fully saturated rings. The predicted octanol–water partition coefficient (Wildman–Crippen LogP) is 3.32. The molecule has 118 valence electrons. The molecule has 22 heavy (non-hydrogen) atoms. The molecular formula is C17H22N2O3. The molecule has 0 aliphatic heterocycles. The predicted molar refractivity (Wildman–Crippen MR) is 84.1 cm³/mol. The lowest BCUT2D eigenvalue weighted by molar-refractivity contribution is 0.0942. The molecule has 1 heterocycles. The lowest BCUT2D eigenvalue weighted by atomic mass is 10.1. The Labute approximate surface area is 130 Å². The van der Waals surface area contributed by atoms with Crippen LogP contribution in [0.3, 0.4) is 0 Å². The van der Waals surface area contributed by atoms with E-state index < -0.39 is 0 Å². The Hall–Kier alpha value is -2.30. The summed E-state index contributed by atoms with van der Waals surface area (Å²) in [6.07, 6.45) is 0.872. The van der Waals surface area contributed by atoms with Gasteiger partial charge in [-0.25, -0.2) is 0 Å². The fourth-order valence-electron chi connectivity index (χ4n) is 2.07. The van der Waals surface area contributed by atoms with Crippen molar-refractivity contribution >= 4 is 5.91 Å². The first-order chi connectivity index (χ1) is 10.5. The molecule has 0 saturated heterocycles. The van der Waals surface area contributed by atoms with Crippen molar-refractivity contribution in [1.82, 2.24) is 10.5 Å². The van der Waals surface area contributed by atoms with E-state index in [0.717, 1.165) is 23.3 Å². The van der Waals surface area contributed by atoms with Gasteiger partial charge < -0.3 is 14.6 Å². The average molecular weight is 302 g/mol. The van der Waals surface area contributed by atoms with Crippen molar-refractivity contribution < 1.29 is 14.1 Å². The van der Waals surface area contributed by atoms with Gasteiger partial charge in [0.1, 0.15) is 18.1 Å². The molecular weight excluding hydrogens is 280 g/mol. The van der Waals surface area contributed by atoms with Crippen LogP contribution in [0.5, 0.6) is 5.75 Å². The topological polar surface area (TPSA) is 64.4 Å². The van der Waals surface area contributed by atoms with Crippen molar-refractivity contribution in [2.24, 2.45) is 0 Å². The highest BCUT2D eigenvalue weighted by Crippen LogP contribution is 2.22. The number of hydrogen-bond acceptors (Lipinski definition) is 4. The fourth-order valence-corrected chi connectivity index (χ4v) is 2.07. The lowest BCUT2D eigenvalue weighted by Gasteiger charge is -2.10. The third-order valence-electron chi connectivity index (χ3n) is 3.45. The summed E-state index contributed by atoms with van der Waals surface area (Å²) in [5.74, 6) is 1.19. The second kappa shape index (κ2) is 7.11. The molecule has 0 aliphatic rings. The summed E-state index contributed by atoms with van der Waals surface area (Å²) in [6, 6.07) is 6.03. The second-order valence-corrected chi connectivity index (χ2v) is 5.38. The molecule has 1 aromatic carbocycles. The van der Waals surface area contributed by atoms with Crippen LogP contribution in [0.4, 0.5) is 0 Å². The number of rotatable bonds is 6. The largest absolute Gasteiger partial charge is 0.488 e. The zero-order valence-corrected chi connectivity index (χ0v) is 13.5. The maximum absolute atomic E-state index is 12.1. The molecule has 0 unspecified atom stereocenters. The van der Waals surface area contributed by atoms with Crippen LogP contribution in [0, 0.1) is 20.8 Å². The minimum Gasteiger partial charge on any atom is -0.488 e. The zero-order valence-electron chi connectivity index (χ0n) is 13.5. The summed E-state index contributed by atoms with van der Waals surface area (Å²) >= 11 is 0. The van der Waals surface area contributed by atoms with Crippen LogP contribution in [-0.4, -0.2) is 17.6 Å². The Morgan fingerprint density at radius 2 is 2.09 bits per heavy atom. The highest BCUT2D eigenvalue weighted by atomic mass is 16.5. The number of carbonyl (C=O) groups excluding carboxylic acids is 1. The molecule has 1 N–H and O–H groups in total. The molecule has 2 aromatic rings. The SMILES string of the molecule is CCCNC(=O)c1noc(C)c1COc1cc(C)ccc1C. The monoisotopic (exact) mass is 302 g/mol. The van der Waals surface area contributed by atoms with E-state index >= 15 is 0 Å². The maximum atomic E-state index is 12.1. The van der Waals surface area contributed by atoms with Crippen LogP contribution in [0.25, 0.3) is 0 Å². The Balaban J connectivity index is 2.14. The van der Waals surface area contributed by atoms with Crippen molar-refractivity contribution in [2.45, 2.75) is 40.7 Å². The number of amides is 1.